The summed E-state index contributed by atoms with van der Waals surface area (Å²) in [6.07, 6.45) is 4.31. The van der Waals surface area contributed by atoms with Crippen LogP contribution in [0.4, 0.5) is 0 Å². The number of ether oxygens (including phenoxy) is 1. The van der Waals surface area contributed by atoms with E-state index in [2.05, 4.69) is 55.3 Å². The number of amides is 1. The highest BCUT2D eigenvalue weighted by molar-refractivity contribution is 5.81. The smallest absolute Gasteiger partial charge is 0.223 e. The molecule has 2 heterocycles. The maximum Gasteiger partial charge on any atom is 0.223 e. The first kappa shape index (κ1) is 22.1. The monoisotopic (exact) mass is 431 g/mol. The highest BCUT2D eigenvalue weighted by Crippen LogP contribution is 2.30. The van der Waals surface area contributed by atoms with E-state index < -0.39 is 0 Å². The summed E-state index contributed by atoms with van der Waals surface area (Å²) < 4.78 is 8.29. The van der Waals surface area contributed by atoms with Gasteiger partial charge in [-0.2, -0.15) is 0 Å². The summed E-state index contributed by atoms with van der Waals surface area (Å²) >= 11 is 0. The van der Waals surface area contributed by atoms with Crippen molar-refractivity contribution >= 4 is 16.9 Å². The van der Waals surface area contributed by atoms with Crippen LogP contribution in [-0.4, -0.2) is 40.1 Å². The van der Waals surface area contributed by atoms with E-state index in [1.807, 2.05) is 23.1 Å². The number of nitrogens with zero attached hydrogens (tertiary/aromatic N) is 3. The third-order valence-corrected chi connectivity index (χ3v) is 6.47. The molecule has 1 fully saturated rings. The first-order chi connectivity index (χ1) is 15.6. The molecule has 1 aromatic heterocycles. The summed E-state index contributed by atoms with van der Waals surface area (Å²) in [6.45, 7) is 11.0. The minimum atomic E-state index is 0.115. The van der Waals surface area contributed by atoms with Crippen LogP contribution in [0, 0.1) is 0 Å². The molecule has 0 bridgehead atoms. The second kappa shape index (κ2) is 10.0. The minimum Gasteiger partial charge on any atom is -0.494 e. The minimum absolute atomic E-state index is 0.115. The average Bonchev–Trinajstić information content (AvgIpc) is 3.37. The zero-order chi connectivity index (χ0) is 22.5. The number of likely N-dealkylation sites (tertiary alicyclic amines) is 1. The number of para-hydroxylation sites is 2. The molecule has 1 amide bonds. The summed E-state index contributed by atoms with van der Waals surface area (Å²) in [4.78, 5) is 19.2. The summed E-state index contributed by atoms with van der Waals surface area (Å²) in [5.74, 6) is 2.78. The van der Waals surface area contributed by atoms with Crippen LogP contribution in [0.3, 0.4) is 0 Å². The van der Waals surface area contributed by atoms with Gasteiger partial charge in [-0.3, -0.25) is 4.79 Å². The number of aromatic nitrogens is 2. The maximum absolute atomic E-state index is 12.4. The van der Waals surface area contributed by atoms with Crippen molar-refractivity contribution in [2.24, 2.45) is 0 Å². The van der Waals surface area contributed by atoms with E-state index in [1.54, 1.807) is 6.08 Å². The summed E-state index contributed by atoms with van der Waals surface area (Å²) in [6, 6.07) is 16.7. The molecular formula is C27H33N3O2. The van der Waals surface area contributed by atoms with Gasteiger partial charge < -0.3 is 14.2 Å². The Morgan fingerprint density at radius 1 is 1.22 bits per heavy atom. The molecule has 1 aliphatic heterocycles. The SMILES string of the molecule is C=CCN1C[C@@H](c2nc3ccccc3n2CCCOc2ccc([C@@H](C)CC)cc2)CC1=O. The molecule has 0 N–H and O–H groups in total. The van der Waals surface area contributed by atoms with Gasteiger partial charge in [-0.15, -0.1) is 6.58 Å². The van der Waals surface area contributed by atoms with Crippen LogP contribution in [0.5, 0.6) is 5.75 Å². The Morgan fingerprint density at radius 2 is 2.00 bits per heavy atom. The third kappa shape index (κ3) is 4.72. The highest BCUT2D eigenvalue weighted by Gasteiger charge is 2.33. The number of fused-ring (bicyclic) bond motifs is 1. The molecule has 0 saturated carbocycles. The van der Waals surface area contributed by atoms with Crippen LogP contribution in [0.1, 0.15) is 56.3 Å². The number of rotatable bonds is 10. The number of benzene rings is 2. The fraction of sp³-hybridized carbons (Fsp3) is 0.407. The van der Waals surface area contributed by atoms with Crippen molar-refractivity contribution in [1.82, 2.24) is 14.5 Å². The van der Waals surface area contributed by atoms with Crippen molar-refractivity contribution < 1.29 is 9.53 Å². The summed E-state index contributed by atoms with van der Waals surface area (Å²) in [5.41, 5.74) is 3.46. The first-order valence-corrected chi connectivity index (χ1v) is 11.7. The van der Waals surface area contributed by atoms with Gasteiger partial charge >= 0.3 is 0 Å². The molecular weight excluding hydrogens is 398 g/mol. The van der Waals surface area contributed by atoms with Crippen LogP contribution < -0.4 is 4.74 Å². The lowest BCUT2D eigenvalue weighted by atomic mass is 9.99. The lowest BCUT2D eigenvalue weighted by Gasteiger charge is -2.16. The molecule has 3 aromatic rings. The number of imidazole rings is 1. The second-order valence-electron chi connectivity index (χ2n) is 8.68. The Balaban J connectivity index is 1.43. The molecule has 5 heteroatoms. The molecule has 5 nitrogen and oxygen atoms in total. The van der Waals surface area contributed by atoms with E-state index in [0.29, 0.717) is 32.0 Å². The average molecular weight is 432 g/mol. The van der Waals surface area contributed by atoms with E-state index in [0.717, 1.165) is 42.0 Å². The number of carbonyl (C=O) groups is 1. The molecule has 2 atom stereocenters. The van der Waals surface area contributed by atoms with Crippen LogP contribution >= 0.6 is 0 Å². The second-order valence-corrected chi connectivity index (χ2v) is 8.68. The first-order valence-electron chi connectivity index (χ1n) is 11.7. The van der Waals surface area contributed by atoms with E-state index in [-0.39, 0.29) is 11.8 Å². The molecule has 1 saturated heterocycles. The van der Waals surface area contributed by atoms with Gasteiger partial charge in [-0.05, 0) is 48.6 Å². The van der Waals surface area contributed by atoms with Crippen molar-refractivity contribution in [3.8, 4) is 5.75 Å². The number of hydrogen-bond acceptors (Lipinski definition) is 3. The van der Waals surface area contributed by atoms with Gasteiger partial charge in [0.25, 0.3) is 0 Å². The summed E-state index contributed by atoms with van der Waals surface area (Å²) in [7, 11) is 0. The lowest BCUT2D eigenvalue weighted by Crippen LogP contribution is -2.25. The number of carbonyl (C=O) groups excluding carboxylic acids is 1. The predicted molar refractivity (Wildman–Crippen MR) is 129 cm³/mol. The van der Waals surface area contributed by atoms with Gasteiger partial charge in [0.1, 0.15) is 11.6 Å². The van der Waals surface area contributed by atoms with Crippen LogP contribution in [0.15, 0.2) is 61.2 Å². The molecule has 168 valence electrons. The normalized spacial score (nSPS) is 17.1. The van der Waals surface area contributed by atoms with E-state index in [9.17, 15) is 4.79 Å². The molecule has 1 aliphatic rings. The van der Waals surface area contributed by atoms with Gasteiger partial charge in [0.05, 0.1) is 17.6 Å². The Labute approximate surface area is 190 Å². The van der Waals surface area contributed by atoms with Gasteiger partial charge in [0.15, 0.2) is 0 Å². The Bertz CT molecular complexity index is 1070. The van der Waals surface area contributed by atoms with E-state index in [4.69, 9.17) is 9.72 Å². The van der Waals surface area contributed by atoms with Crippen LogP contribution in [0.2, 0.25) is 0 Å². The van der Waals surface area contributed by atoms with Gasteiger partial charge in [-0.25, -0.2) is 4.98 Å². The van der Waals surface area contributed by atoms with Gasteiger partial charge in [0.2, 0.25) is 5.91 Å². The van der Waals surface area contributed by atoms with Crippen molar-refractivity contribution in [2.75, 3.05) is 19.7 Å². The lowest BCUT2D eigenvalue weighted by molar-refractivity contribution is -0.127. The third-order valence-electron chi connectivity index (χ3n) is 6.47. The molecule has 32 heavy (non-hydrogen) atoms. The van der Waals surface area contributed by atoms with Crippen molar-refractivity contribution in [3.05, 3.63) is 72.6 Å². The molecule has 4 rings (SSSR count). The van der Waals surface area contributed by atoms with Crippen molar-refractivity contribution in [1.29, 1.82) is 0 Å². The topological polar surface area (TPSA) is 47.4 Å². The van der Waals surface area contributed by atoms with Crippen LogP contribution in [-0.2, 0) is 11.3 Å². The zero-order valence-corrected chi connectivity index (χ0v) is 19.2. The largest absolute Gasteiger partial charge is 0.494 e. The fourth-order valence-electron chi connectivity index (χ4n) is 4.46. The molecule has 2 aromatic carbocycles. The Morgan fingerprint density at radius 3 is 2.75 bits per heavy atom. The summed E-state index contributed by atoms with van der Waals surface area (Å²) in [5, 5.41) is 0. The van der Waals surface area contributed by atoms with E-state index >= 15 is 0 Å². The Hall–Kier alpha value is -3.08. The maximum atomic E-state index is 12.4. The zero-order valence-electron chi connectivity index (χ0n) is 19.2. The molecule has 0 aliphatic carbocycles. The van der Waals surface area contributed by atoms with Crippen molar-refractivity contribution in [3.63, 3.8) is 0 Å². The van der Waals surface area contributed by atoms with Crippen molar-refractivity contribution in [2.45, 2.75) is 51.5 Å². The predicted octanol–water partition coefficient (Wildman–Crippen LogP) is 5.52. The van der Waals surface area contributed by atoms with Crippen LogP contribution in [0.25, 0.3) is 11.0 Å². The molecule has 0 radical (unpaired) electrons. The molecule has 0 spiro atoms. The Kier molecular flexibility index (Phi) is 6.93. The highest BCUT2D eigenvalue weighted by atomic mass is 16.5. The number of aryl methyl sites for hydroxylation is 1. The molecule has 0 unspecified atom stereocenters. The quantitative estimate of drug-likeness (QED) is 0.314. The standard InChI is InChI=1S/C27H33N3O2/c1-4-15-29-19-22(18-26(29)31)27-28-24-9-6-7-10-25(24)30(27)16-8-17-32-23-13-11-21(12-14-23)20(3)5-2/h4,6-7,9-14,20,22H,1,5,8,15-19H2,2-3H3/t20-,22-/m0/s1. The number of hydrogen-bond donors (Lipinski definition) is 0. The van der Waals surface area contributed by atoms with Gasteiger partial charge in [-0.1, -0.05) is 44.2 Å². The van der Waals surface area contributed by atoms with Gasteiger partial charge in [0, 0.05) is 32.0 Å². The fourth-order valence-corrected chi connectivity index (χ4v) is 4.46. The van der Waals surface area contributed by atoms with E-state index in [1.165, 1.54) is 5.56 Å².